The molecule has 4 unspecified atom stereocenters. The Hall–Kier alpha value is -3.15. The minimum Gasteiger partial charge on any atom is -0.459 e. The van der Waals surface area contributed by atoms with E-state index >= 15 is 0 Å². The number of benzene rings is 1. The van der Waals surface area contributed by atoms with Crippen molar-refractivity contribution in [3.05, 3.63) is 66.1 Å². The summed E-state index contributed by atoms with van der Waals surface area (Å²) in [4.78, 5) is 42.0. The molecule has 2 bridgehead atoms. The van der Waals surface area contributed by atoms with Crippen LogP contribution in [-0.2, 0) is 9.59 Å². The van der Waals surface area contributed by atoms with Crippen molar-refractivity contribution < 1.29 is 18.8 Å². The summed E-state index contributed by atoms with van der Waals surface area (Å²) in [6.07, 6.45) is 6.44. The van der Waals surface area contributed by atoms with E-state index < -0.39 is 0 Å². The molecule has 0 spiro atoms. The van der Waals surface area contributed by atoms with E-state index in [1.807, 2.05) is 31.2 Å². The Morgan fingerprint density at radius 3 is 2.36 bits per heavy atom. The number of likely N-dealkylation sites (tertiary alicyclic amines) is 1. The van der Waals surface area contributed by atoms with Crippen molar-refractivity contribution in [1.29, 1.82) is 0 Å². The highest BCUT2D eigenvalue weighted by Crippen LogP contribution is 2.52. The first kappa shape index (κ1) is 17.0. The molecule has 1 aromatic carbocycles. The summed E-state index contributed by atoms with van der Waals surface area (Å²) in [5, 5.41) is 0. The maximum Gasteiger partial charge on any atom is 0.295 e. The number of allylic oxidation sites excluding steroid dienone is 2. The molecule has 3 amide bonds. The molecule has 6 heteroatoms. The molecule has 1 aromatic heterocycles. The van der Waals surface area contributed by atoms with Crippen LogP contribution < -0.4 is 4.90 Å². The molecule has 2 aliphatic carbocycles. The first-order valence-electron chi connectivity index (χ1n) is 9.51. The molecule has 0 radical (unpaired) electrons. The maximum atomic E-state index is 13.1. The standard InChI is InChI=1S/C22H20N2O4/c1-13-5-2-3-6-16(13)23(20(25)17-7-4-10-28-17)12-24-21(26)18-14-8-9-15(11-14)19(18)22(24)27/h2-10,14-15,18-19H,11-12H2,1H3. The van der Waals surface area contributed by atoms with Gasteiger partial charge in [-0.15, -0.1) is 0 Å². The normalized spacial score (nSPS) is 27.5. The molecule has 5 rings (SSSR count). The predicted molar refractivity (Wildman–Crippen MR) is 101 cm³/mol. The number of amides is 3. The van der Waals surface area contributed by atoms with Gasteiger partial charge >= 0.3 is 0 Å². The topological polar surface area (TPSA) is 70.8 Å². The molecule has 28 heavy (non-hydrogen) atoms. The summed E-state index contributed by atoms with van der Waals surface area (Å²) in [5.41, 5.74) is 1.53. The van der Waals surface area contributed by atoms with Crippen LogP contribution in [-0.4, -0.2) is 29.3 Å². The first-order valence-corrected chi connectivity index (χ1v) is 9.51. The number of hydrogen-bond acceptors (Lipinski definition) is 4. The molecule has 2 fully saturated rings. The van der Waals surface area contributed by atoms with Gasteiger partial charge in [0.2, 0.25) is 11.8 Å². The molecule has 142 valence electrons. The number of carbonyl (C=O) groups is 3. The summed E-state index contributed by atoms with van der Waals surface area (Å²) in [5.74, 6) is -0.814. The molecule has 4 atom stereocenters. The highest BCUT2D eigenvalue weighted by Gasteiger charge is 2.59. The maximum absolute atomic E-state index is 13.1. The van der Waals surface area contributed by atoms with Gasteiger partial charge in [-0.05, 0) is 48.9 Å². The van der Waals surface area contributed by atoms with Crippen molar-refractivity contribution in [3.63, 3.8) is 0 Å². The third-order valence-electron chi connectivity index (χ3n) is 6.23. The van der Waals surface area contributed by atoms with E-state index in [9.17, 15) is 14.4 Å². The Bertz CT molecular complexity index is 964. The Balaban J connectivity index is 1.49. The van der Waals surface area contributed by atoms with Crippen LogP contribution in [0.3, 0.4) is 0 Å². The van der Waals surface area contributed by atoms with Gasteiger partial charge in [-0.1, -0.05) is 30.4 Å². The average Bonchev–Trinajstić information content (AvgIpc) is 3.47. The quantitative estimate of drug-likeness (QED) is 0.608. The fraction of sp³-hybridized carbons (Fsp3) is 0.318. The molecule has 2 heterocycles. The number of para-hydroxylation sites is 1. The third-order valence-corrected chi connectivity index (χ3v) is 6.23. The van der Waals surface area contributed by atoms with Crippen LogP contribution in [0.4, 0.5) is 5.69 Å². The SMILES string of the molecule is Cc1ccccc1N(CN1C(=O)C2C3C=CC(C3)C2C1=O)C(=O)c1ccco1. The first-order chi connectivity index (χ1) is 13.6. The monoisotopic (exact) mass is 376 g/mol. The number of hydrogen-bond donors (Lipinski definition) is 0. The second-order valence-corrected chi connectivity index (χ2v) is 7.74. The van der Waals surface area contributed by atoms with E-state index in [4.69, 9.17) is 4.42 Å². The lowest BCUT2D eigenvalue weighted by atomic mass is 9.85. The number of furan rings is 1. The Morgan fingerprint density at radius 1 is 1.07 bits per heavy atom. The summed E-state index contributed by atoms with van der Waals surface area (Å²) in [7, 11) is 0. The summed E-state index contributed by atoms with van der Waals surface area (Å²) in [6.45, 7) is 1.79. The largest absolute Gasteiger partial charge is 0.459 e. The van der Waals surface area contributed by atoms with Gasteiger partial charge < -0.3 is 4.42 Å². The summed E-state index contributed by atoms with van der Waals surface area (Å²) >= 11 is 0. The third kappa shape index (κ3) is 2.37. The predicted octanol–water partition coefficient (Wildman–Crippen LogP) is 3.00. The van der Waals surface area contributed by atoms with E-state index in [0.29, 0.717) is 5.69 Å². The molecule has 2 aromatic rings. The second-order valence-electron chi connectivity index (χ2n) is 7.74. The lowest BCUT2D eigenvalue weighted by Gasteiger charge is -2.28. The van der Waals surface area contributed by atoms with Gasteiger partial charge in [0.25, 0.3) is 5.91 Å². The van der Waals surface area contributed by atoms with Gasteiger partial charge in [0.1, 0.15) is 6.67 Å². The minimum atomic E-state index is -0.377. The fourth-order valence-corrected chi connectivity index (χ4v) is 4.89. The van der Waals surface area contributed by atoms with E-state index in [1.54, 1.807) is 12.1 Å². The molecular formula is C22H20N2O4. The highest BCUT2D eigenvalue weighted by molar-refractivity contribution is 6.09. The van der Waals surface area contributed by atoms with Crippen LogP contribution in [0.5, 0.6) is 0 Å². The Kier molecular flexibility index (Phi) is 3.75. The van der Waals surface area contributed by atoms with Gasteiger partial charge in [0, 0.05) is 5.69 Å². The van der Waals surface area contributed by atoms with Crippen molar-refractivity contribution in [2.45, 2.75) is 13.3 Å². The van der Waals surface area contributed by atoms with Crippen molar-refractivity contribution >= 4 is 23.4 Å². The van der Waals surface area contributed by atoms with Gasteiger partial charge in [-0.2, -0.15) is 0 Å². The number of nitrogens with zero attached hydrogens (tertiary/aromatic N) is 2. The van der Waals surface area contributed by atoms with Crippen LogP contribution in [0.2, 0.25) is 0 Å². The molecule has 3 aliphatic rings. The van der Waals surface area contributed by atoms with Gasteiger partial charge in [0.05, 0.1) is 18.1 Å². The van der Waals surface area contributed by atoms with Gasteiger partial charge in [0.15, 0.2) is 5.76 Å². The van der Waals surface area contributed by atoms with Crippen LogP contribution in [0, 0.1) is 30.6 Å². The molecule has 1 saturated heterocycles. The number of aryl methyl sites for hydroxylation is 1. The number of imide groups is 1. The van der Waals surface area contributed by atoms with Crippen molar-refractivity contribution in [3.8, 4) is 0 Å². The molecule has 0 N–H and O–H groups in total. The number of rotatable bonds is 4. The number of fused-ring (bicyclic) bond motifs is 5. The number of anilines is 1. The van der Waals surface area contributed by atoms with Crippen LogP contribution >= 0.6 is 0 Å². The summed E-state index contributed by atoms with van der Waals surface area (Å²) < 4.78 is 5.28. The van der Waals surface area contributed by atoms with Crippen LogP contribution in [0.25, 0.3) is 0 Å². The second kappa shape index (κ2) is 6.19. The zero-order valence-electron chi connectivity index (χ0n) is 15.4. The fourth-order valence-electron chi connectivity index (χ4n) is 4.89. The average molecular weight is 376 g/mol. The number of carbonyl (C=O) groups excluding carboxylic acids is 3. The highest BCUT2D eigenvalue weighted by atomic mass is 16.3. The zero-order valence-corrected chi connectivity index (χ0v) is 15.4. The van der Waals surface area contributed by atoms with Crippen molar-refractivity contribution in [1.82, 2.24) is 4.90 Å². The minimum absolute atomic E-state index is 0.103. The van der Waals surface area contributed by atoms with Crippen LogP contribution in [0.15, 0.2) is 59.2 Å². The van der Waals surface area contributed by atoms with E-state index in [-0.39, 0.29) is 53.8 Å². The molecule has 1 aliphatic heterocycles. The van der Waals surface area contributed by atoms with E-state index in [2.05, 4.69) is 12.2 Å². The summed E-state index contributed by atoms with van der Waals surface area (Å²) in [6, 6.07) is 10.6. The lowest BCUT2D eigenvalue weighted by Crippen LogP contribution is -2.45. The van der Waals surface area contributed by atoms with Crippen molar-refractivity contribution in [2.75, 3.05) is 11.6 Å². The van der Waals surface area contributed by atoms with E-state index in [0.717, 1.165) is 12.0 Å². The van der Waals surface area contributed by atoms with Crippen LogP contribution in [0.1, 0.15) is 22.5 Å². The Labute approximate surface area is 162 Å². The Morgan fingerprint density at radius 2 is 1.75 bits per heavy atom. The molecular weight excluding hydrogens is 356 g/mol. The van der Waals surface area contributed by atoms with E-state index in [1.165, 1.54) is 16.1 Å². The zero-order chi connectivity index (χ0) is 19.4. The smallest absolute Gasteiger partial charge is 0.295 e. The molecule has 1 saturated carbocycles. The molecule has 6 nitrogen and oxygen atoms in total. The van der Waals surface area contributed by atoms with Gasteiger partial charge in [-0.3, -0.25) is 24.2 Å². The van der Waals surface area contributed by atoms with Crippen molar-refractivity contribution in [2.24, 2.45) is 23.7 Å². The lowest BCUT2D eigenvalue weighted by molar-refractivity contribution is -0.140. The van der Waals surface area contributed by atoms with Gasteiger partial charge in [-0.25, -0.2) is 0 Å².